The summed E-state index contributed by atoms with van der Waals surface area (Å²) in [7, 11) is -5.14. The van der Waals surface area contributed by atoms with E-state index in [-0.39, 0.29) is 6.42 Å². The normalized spacial score (nSPS) is 24.8. The van der Waals surface area contributed by atoms with E-state index in [1.54, 1.807) is 6.08 Å². The molecule has 322 valence electrons. The molecular weight excluding hydrogens is 729 g/mol. The van der Waals surface area contributed by atoms with Crippen LogP contribution in [0.2, 0.25) is 0 Å². The molecule has 0 saturated heterocycles. The Kier molecular flexibility index (Phi) is 29.5. The van der Waals surface area contributed by atoms with E-state index in [0.29, 0.717) is 19.3 Å². The lowest BCUT2D eigenvalue weighted by molar-refractivity contribution is -0.220. The van der Waals surface area contributed by atoms with Gasteiger partial charge in [0.15, 0.2) is 0 Å². The molecule has 1 fully saturated rings. The Morgan fingerprint density at radius 2 is 1.07 bits per heavy atom. The van der Waals surface area contributed by atoms with Gasteiger partial charge < -0.3 is 46.0 Å². The number of phosphoric acid groups is 1. The Bertz CT molecular complexity index is 1090. The van der Waals surface area contributed by atoms with E-state index in [9.17, 15) is 50.0 Å². The topological polar surface area (TPSA) is 226 Å². The molecule has 0 radical (unpaired) electrons. The highest BCUT2D eigenvalue weighted by atomic mass is 31.2. The summed E-state index contributed by atoms with van der Waals surface area (Å²) in [4.78, 5) is 23.3. The first-order chi connectivity index (χ1) is 26.3. The lowest BCUT2D eigenvalue weighted by atomic mass is 9.85. The largest absolute Gasteiger partial charge is 0.472 e. The van der Waals surface area contributed by atoms with Gasteiger partial charge in [0, 0.05) is 0 Å². The molecule has 14 heteroatoms. The van der Waals surface area contributed by atoms with E-state index in [1.807, 2.05) is 6.08 Å². The average Bonchev–Trinajstić information content (AvgIpc) is 3.15. The second-order valence-corrected chi connectivity index (χ2v) is 16.4. The third kappa shape index (κ3) is 24.1. The molecule has 0 aromatic carbocycles. The number of carbonyl (C=O) groups excluding carboxylic acids is 1. The molecule has 8 unspecified atom stereocenters. The molecule has 13 nitrogen and oxygen atoms in total. The number of unbranched alkanes of at least 4 members (excludes halogenated alkanes) is 16. The first kappa shape index (κ1) is 51.5. The maximum absolute atomic E-state index is 12.9. The Morgan fingerprint density at radius 1 is 0.636 bits per heavy atom. The number of amides is 1. The quantitative estimate of drug-likeness (QED) is 0.0218. The molecule has 0 heterocycles. The second-order valence-electron chi connectivity index (χ2n) is 15.0. The van der Waals surface area contributed by atoms with Crippen molar-refractivity contribution in [3.8, 4) is 0 Å². The minimum Gasteiger partial charge on any atom is -0.393 e. The third-order valence-corrected chi connectivity index (χ3v) is 10.9. The summed E-state index contributed by atoms with van der Waals surface area (Å²) >= 11 is 0. The van der Waals surface area contributed by atoms with Crippen LogP contribution in [0, 0.1) is 0 Å². The highest BCUT2D eigenvalue weighted by Crippen LogP contribution is 2.47. The van der Waals surface area contributed by atoms with Gasteiger partial charge in [-0.2, -0.15) is 0 Å². The number of carbonyl (C=O) groups is 1. The van der Waals surface area contributed by atoms with Gasteiger partial charge in [0.2, 0.25) is 5.91 Å². The molecule has 1 rings (SSSR count). The van der Waals surface area contributed by atoms with Gasteiger partial charge >= 0.3 is 7.82 Å². The van der Waals surface area contributed by atoms with Gasteiger partial charge in [0.25, 0.3) is 0 Å². The molecule has 0 aliphatic heterocycles. The minimum absolute atomic E-state index is 0.254. The van der Waals surface area contributed by atoms with E-state index in [1.165, 1.54) is 76.7 Å². The van der Waals surface area contributed by atoms with Gasteiger partial charge in [0.05, 0.1) is 31.3 Å². The van der Waals surface area contributed by atoms with Gasteiger partial charge in [-0.05, 0) is 38.5 Å². The third-order valence-electron chi connectivity index (χ3n) is 9.96. The summed E-state index contributed by atoms with van der Waals surface area (Å²) in [5.74, 6) is -0.609. The number of aliphatic hydroxyl groups excluding tert-OH is 7. The number of phosphoric ester groups is 1. The zero-order valence-corrected chi connectivity index (χ0v) is 34.5. The van der Waals surface area contributed by atoms with E-state index in [2.05, 4.69) is 37.4 Å². The van der Waals surface area contributed by atoms with Crippen LogP contribution in [0.25, 0.3) is 0 Å². The lowest BCUT2D eigenvalue weighted by Crippen LogP contribution is -2.64. The molecule has 1 aliphatic carbocycles. The van der Waals surface area contributed by atoms with Crippen molar-refractivity contribution in [2.24, 2.45) is 0 Å². The molecule has 0 aromatic rings. The molecule has 8 atom stereocenters. The number of hydrogen-bond donors (Lipinski definition) is 9. The first-order valence-electron chi connectivity index (χ1n) is 21.0. The molecule has 0 aromatic heterocycles. The summed E-state index contributed by atoms with van der Waals surface area (Å²) in [5.41, 5.74) is 0. The maximum atomic E-state index is 12.9. The van der Waals surface area contributed by atoms with Gasteiger partial charge in [0.1, 0.15) is 36.6 Å². The SMILES string of the molecule is CCCC/C=C/CC/C=C/CC/C=C/C(O)C(COP(=O)(O)OC1C(O)C(O)C(O)C(O)C1O)NC(=O)CC(O)CCCCCCCCCCCCCCC. The van der Waals surface area contributed by atoms with Crippen LogP contribution in [0.1, 0.15) is 155 Å². The zero-order valence-electron chi connectivity index (χ0n) is 33.6. The van der Waals surface area contributed by atoms with Gasteiger partial charge in [-0.15, -0.1) is 0 Å². The van der Waals surface area contributed by atoms with Crippen molar-refractivity contribution in [1.29, 1.82) is 0 Å². The Balaban J connectivity index is 2.64. The monoisotopic (exact) mass is 806 g/mol. The fraction of sp³-hybridized carbons (Fsp3) is 0.829. The predicted octanol–water partition coefficient (Wildman–Crippen LogP) is 5.80. The first-order valence-corrected chi connectivity index (χ1v) is 22.5. The van der Waals surface area contributed by atoms with E-state index in [0.717, 1.165) is 44.9 Å². The highest BCUT2D eigenvalue weighted by molar-refractivity contribution is 7.47. The van der Waals surface area contributed by atoms with Crippen LogP contribution in [0.5, 0.6) is 0 Å². The Hall–Kier alpha value is -1.48. The molecule has 9 N–H and O–H groups in total. The predicted molar refractivity (Wildman–Crippen MR) is 215 cm³/mol. The van der Waals surface area contributed by atoms with Crippen molar-refractivity contribution in [1.82, 2.24) is 5.32 Å². The minimum atomic E-state index is -5.14. The number of hydrogen-bond acceptors (Lipinski definition) is 11. The second kappa shape index (κ2) is 31.5. The Morgan fingerprint density at radius 3 is 1.58 bits per heavy atom. The van der Waals surface area contributed by atoms with E-state index in [4.69, 9.17) is 9.05 Å². The van der Waals surface area contributed by atoms with E-state index < -0.39 is 75.2 Å². The number of aliphatic hydroxyl groups is 7. The van der Waals surface area contributed by atoms with Crippen LogP contribution in [0.4, 0.5) is 0 Å². The van der Waals surface area contributed by atoms with Crippen LogP contribution >= 0.6 is 7.82 Å². The summed E-state index contributed by atoms with van der Waals surface area (Å²) < 4.78 is 22.7. The summed E-state index contributed by atoms with van der Waals surface area (Å²) in [6.45, 7) is 3.64. The fourth-order valence-electron chi connectivity index (χ4n) is 6.43. The number of allylic oxidation sites excluding steroid dienone is 5. The van der Waals surface area contributed by atoms with Crippen LogP contribution < -0.4 is 5.32 Å². The summed E-state index contributed by atoms with van der Waals surface area (Å²) in [6.07, 6.45) is 19.7. The molecule has 1 amide bonds. The van der Waals surface area contributed by atoms with Gasteiger partial charge in [-0.3, -0.25) is 13.8 Å². The van der Waals surface area contributed by atoms with Crippen molar-refractivity contribution < 1.29 is 59.0 Å². The van der Waals surface area contributed by atoms with Crippen LogP contribution in [-0.2, 0) is 18.4 Å². The summed E-state index contributed by atoms with van der Waals surface area (Å²) in [5, 5.41) is 74.1. The van der Waals surface area contributed by atoms with Crippen LogP contribution in [0.3, 0.4) is 0 Å². The van der Waals surface area contributed by atoms with Crippen molar-refractivity contribution >= 4 is 13.7 Å². The standard InChI is InChI=1S/C41H76NO12P/c1-3-5-7-9-11-13-15-17-18-20-22-24-26-28-32(43)30-35(45)42-33(34(44)29-27-25-23-21-19-16-14-12-10-8-6-4-2)31-53-55(51,52)54-41-39(49)37(47)36(46)38(48)40(41)50/h10,12,19,21,27,29,32-34,36-41,43-44,46-50H,3-9,11,13-18,20,22-26,28,30-31H2,1-2H3,(H,42,45)(H,51,52)/b12-10+,21-19+,29-27+. The van der Waals surface area contributed by atoms with Crippen molar-refractivity contribution in [2.75, 3.05) is 6.61 Å². The van der Waals surface area contributed by atoms with Crippen LogP contribution in [0.15, 0.2) is 36.5 Å². The van der Waals surface area contributed by atoms with Crippen molar-refractivity contribution in [2.45, 2.75) is 210 Å². The molecule has 1 aliphatic rings. The van der Waals surface area contributed by atoms with Crippen molar-refractivity contribution in [3.05, 3.63) is 36.5 Å². The fourth-order valence-corrected chi connectivity index (χ4v) is 7.40. The smallest absolute Gasteiger partial charge is 0.393 e. The van der Waals surface area contributed by atoms with Gasteiger partial charge in [-0.1, -0.05) is 147 Å². The number of nitrogens with one attached hydrogen (secondary N) is 1. The highest BCUT2D eigenvalue weighted by Gasteiger charge is 2.51. The Labute approximate surface area is 330 Å². The lowest BCUT2D eigenvalue weighted by Gasteiger charge is -2.41. The summed E-state index contributed by atoms with van der Waals surface area (Å²) in [6, 6.07) is -1.26. The average molecular weight is 806 g/mol. The number of rotatable bonds is 33. The maximum Gasteiger partial charge on any atom is 0.472 e. The molecule has 55 heavy (non-hydrogen) atoms. The van der Waals surface area contributed by atoms with Gasteiger partial charge in [-0.25, -0.2) is 4.57 Å². The van der Waals surface area contributed by atoms with Crippen molar-refractivity contribution in [3.63, 3.8) is 0 Å². The zero-order chi connectivity index (χ0) is 40.9. The molecular formula is C41H76NO12P. The molecule has 1 saturated carbocycles. The van der Waals surface area contributed by atoms with Crippen LogP contribution in [-0.4, -0.2) is 108 Å². The van der Waals surface area contributed by atoms with E-state index >= 15 is 0 Å². The molecule has 0 spiro atoms. The molecule has 0 bridgehead atoms.